The molecule has 1 aromatic heterocycles. The maximum Gasteiger partial charge on any atom is 0.331 e. The third-order valence-corrected chi connectivity index (χ3v) is 7.85. The Kier molecular flexibility index (Phi) is 10.3. The summed E-state index contributed by atoms with van der Waals surface area (Å²) in [4.78, 5) is 25.4. The molecule has 16 heteroatoms. The van der Waals surface area contributed by atoms with Crippen molar-refractivity contribution in [3.8, 4) is 34.3 Å². The Labute approximate surface area is 272 Å². The number of phenolic OH excluding ortho intramolecular Hbond substituents is 3. The number of rotatable bonds is 8. The smallest absolute Gasteiger partial charge is 0.331 e. The molecule has 10 atom stereocenters. The highest BCUT2D eigenvalue weighted by atomic mass is 16.8. The lowest BCUT2D eigenvalue weighted by atomic mass is 9.97. The maximum atomic E-state index is 12.9. The molecule has 3 heterocycles. The van der Waals surface area contributed by atoms with Gasteiger partial charge in [0.15, 0.2) is 35.4 Å². The second-order valence-corrected chi connectivity index (χ2v) is 11.7. The van der Waals surface area contributed by atoms with E-state index in [-0.39, 0.29) is 28.0 Å². The molecule has 0 saturated carbocycles. The van der Waals surface area contributed by atoms with Crippen LogP contribution in [0.5, 0.6) is 23.0 Å². The van der Waals surface area contributed by atoms with Gasteiger partial charge >= 0.3 is 5.97 Å². The average molecular weight is 677 g/mol. The van der Waals surface area contributed by atoms with Crippen molar-refractivity contribution in [2.45, 2.75) is 82.2 Å². The van der Waals surface area contributed by atoms with E-state index in [1.54, 1.807) is 13.8 Å². The molecule has 260 valence electrons. The van der Waals surface area contributed by atoms with E-state index in [2.05, 4.69) is 0 Å². The first-order valence-corrected chi connectivity index (χ1v) is 14.8. The summed E-state index contributed by atoms with van der Waals surface area (Å²) in [6.45, 7) is 3.90. The fourth-order valence-corrected chi connectivity index (χ4v) is 5.38. The molecule has 16 nitrogen and oxygen atoms in total. The molecule has 0 radical (unpaired) electrons. The van der Waals surface area contributed by atoms with Crippen LogP contribution in [-0.4, -0.2) is 115 Å². The van der Waals surface area contributed by atoms with E-state index >= 15 is 0 Å². The number of ether oxygens (including phenoxy) is 5. The molecule has 2 saturated heterocycles. The Morgan fingerprint density at radius 1 is 0.854 bits per heavy atom. The number of fused-ring (bicyclic) bond motifs is 1. The second kappa shape index (κ2) is 14.1. The number of hydrogen-bond acceptors (Lipinski definition) is 16. The van der Waals surface area contributed by atoms with E-state index < -0.39 is 96.7 Å². The van der Waals surface area contributed by atoms with E-state index in [1.165, 1.54) is 25.1 Å². The average Bonchev–Trinajstić information content (AvgIpc) is 3.02. The zero-order valence-corrected chi connectivity index (χ0v) is 25.9. The van der Waals surface area contributed by atoms with Crippen LogP contribution in [0.25, 0.3) is 22.3 Å². The lowest BCUT2D eigenvalue weighted by Gasteiger charge is -2.46. The Morgan fingerprint density at radius 3 is 2.25 bits per heavy atom. The van der Waals surface area contributed by atoms with Crippen LogP contribution >= 0.6 is 0 Å². The number of aliphatic hydroxyl groups is 5. The largest absolute Gasteiger partial charge is 0.507 e. The quantitative estimate of drug-likeness (QED) is 0.0896. The fourth-order valence-electron chi connectivity index (χ4n) is 5.38. The zero-order chi connectivity index (χ0) is 35.0. The van der Waals surface area contributed by atoms with Crippen LogP contribution in [0.4, 0.5) is 0 Å². The summed E-state index contributed by atoms with van der Waals surface area (Å²) in [5, 5.41) is 82.7. The van der Waals surface area contributed by atoms with Gasteiger partial charge in [0.2, 0.25) is 6.29 Å². The Balaban J connectivity index is 1.51. The van der Waals surface area contributed by atoms with Gasteiger partial charge in [-0.15, -0.1) is 0 Å². The van der Waals surface area contributed by atoms with Crippen molar-refractivity contribution in [1.29, 1.82) is 0 Å². The van der Waals surface area contributed by atoms with E-state index in [0.29, 0.717) is 5.57 Å². The molecule has 0 spiro atoms. The van der Waals surface area contributed by atoms with Gasteiger partial charge in [-0.2, -0.15) is 0 Å². The highest BCUT2D eigenvalue weighted by Crippen LogP contribution is 2.36. The first-order chi connectivity index (χ1) is 22.7. The normalized spacial score (nSPS) is 30.5. The SMILES string of the molecule is CC(C)=CC(=O)OC1C(CO)OC(Oc2cc(O)c3c(=O)cc(-c4ccc(O)c(O)c4)oc3c2)C(OC2OC(C)C(O)C(O)C2O)C1O. The van der Waals surface area contributed by atoms with Crippen molar-refractivity contribution in [1.82, 2.24) is 0 Å². The van der Waals surface area contributed by atoms with E-state index in [9.17, 15) is 50.4 Å². The number of aromatic hydroxyl groups is 3. The zero-order valence-electron chi connectivity index (χ0n) is 25.9. The summed E-state index contributed by atoms with van der Waals surface area (Å²) in [6.07, 6.45) is -14.7. The summed E-state index contributed by atoms with van der Waals surface area (Å²) in [7, 11) is 0. The van der Waals surface area contributed by atoms with E-state index in [0.717, 1.165) is 24.3 Å². The molecule has 2 fully saturated rings. The van der Waals surface area contributed by atoms with Crippen LogP contribution in [-0.2, 0) is 23.7 Å². The van der Waals surface area contributed by atoms with Gasteiger partial charge in [-0.3, -0.25) is 4.79 Å². The van der Waals surface area contributed by atoms with Gasteiger partial charge in [-0.05, 0) is 39.0 Å². The minimum Gasteiger partial charge on any atom is -0.507 e. The Hall–Kier alpha value is -4.26. The molecule has 10 unspecified atom stereocenters. The van der Waals surface area contributed by atoms with Crippen molar-refractivity contribution < 1.29 is 73.7 Å². The van der Waals surface area contributed by atoms with E-state index in [1.807, 2.05) is 0 Å². The second-order valence-electron chi connectivity index (χ2n) is 11.7. The third-order valence-electron chi connectivity index (χ3n) is 7.85. The van der Waals surface area contributed by atoms with Crippen molar-refractivity contribution in [2.75, 3.05) is 6.61 Å². The molecule has 0 aliphatic carbocycles. The highest BCUT2D eigenvalue weighted by Gasteiger charge is 2.52. The Morgan fingerprint density at radius 2 is 1.58 bits per heavy atom. The lowest BCUT2D eigenvalue weighted by molar-refractivity contribution is -0.354. The standard InChI is InChI=1S/C32H36O16/c1-12(2)6-23(38)47-29-22(11-33)46-32(30(28(29)42)48-31-27(41)26(40)25(39)13(3)43-31)44-15-8-18(36)24-19(37)10-20(45-21(24)9-15)14-4-5-16(34)17(35)7-14/h4-10,13,22,25-36,39-42H,11H2,1-3H3. The predicted molar refractivity (Wildman–Crippen MR) is 162 cm³/mol. The number of benzene rings is 2. The Bertz CT molecular complexity index is 1730. The predicted octanol–water partition coefficient (Wildman–Crippen LogP) is 0.124. The summed E-state index contributed by atoms with van der Waals surface area (Å²) in [6, 6.07) is 7.05. The van der Waals surface area contributed by atoms with Crippen LogP contribution in [0.1, 0.15) is 20.8 Å². The number of esters is 1. The molecule has 8 N–H and O–H groups in total. The van der Waals surface area contributed by atoms with Gasteiger partial charge in [-0.1, -0.05) is 5.57 Å². The van der Waals surface area contributed by atoms with Crippen LogP contribution in [0, 0.1) is 0 Å². The van der Waals surface area contributed by atoms with Gasteiger partial charge in [-0.25, -0.2) is 4.79 Å². The number of carbonyl (C=O) groups excluding carboxylic acids is 1. The summed E-state index contributed by atoms with van der Waals surface area (Å²) >= 11 is 0. The van der Waals surface area contributed by atoms with Crippen LogP contribution in [0.15, 0.2) is 57.3 Å². The molecular formula is C32H36O16. The highest BCUT2D eigenvalue weighted by molar-refractivity contribution is 5.86. The molecule has 3 aromatic rings. The molecule has 48 heavy (non-hydrogen) atoms. The van der Waals surface area contributed by atoms with Gasteiger partial charge in [0.1, 0.15) is 58.7 Å². The molecule has 2 aromatic carbocycles. The van der Waals surface area contributed by atoms with Crippen molar-refractivity contribution in [2.24, 2.45) is 0 Å². The number of allylic oxidation sites excluding steroid dienone is 1. The molecule has 0 amide bonds. The summed E-state index contributed by atoms with van der Waals surface area (Å²) in [5.74, 6) is -2.55. The minimum absolute atomic E-state index is 0.0374. The number of carbonyl (C=O) groups is 1. The minimum atomic E-state index is -1.82. The first kappa shape index (κ1) is 35.1. The molecule has 2 aliphatic heterocycles. The monoisotopic (exact) mass is 676 g/mol. The van der Waals surface area contributed by atoms with Crippen LogP contribution in [0.2, 0.25) is 0 Å². The van der Waals surface area contributed by atoms with Gasteiger partial charge < -0.3 is 69.0 Å². The molecule has 5 rings (SSSR count). The third kappa shape index (κ3) is 7.11. The lowest BCUT2D eigenvalue weighted by Crippen LogP contribution is -2.65. The number of aliphatic hydroxyl groups excluding tert-OH is 5. The van der Waals surface area contributed by atoms with E-state index in [4.69, 9.17) is 28.1 Å². The van der Waals surface area contributed by atoms with Gasteiger partial charge in [0.05, 0.1) is 12.7 Å². The summed E-state index contributed by atoms with van der Waals surface area (Å²) in [5.41, 5.74) is -0.0466. The van der Waals surface area contributed by atoms with Crippen LogP contribution < -0.4 is 10.2 Å². The number of phenols is 3. The maximum absolute atomic E-state index is 12.9. The van der Waals surface area contributed by atoms with Crippen molar-refractivity contribution >= 4 is 16.9 Å². The fraction of sp³-hybridized carbons (Fsp3) is 0.438. The van der Waals surface area contributed by atoms with Gasteiger partial charge in [0.25, 0.3) is 0 Å². The van der Waals surface area contributed by atoms with Crippen molar-refractivity contribution in [3.63, 3.8) is 0 Å². The van der Waals surface area contributed by atoms with Crippen molar-refractivity contribution in [3.05, 3.63) is 58.3 Å². The first-order valence-electron chi connectivity index (χ1n) is 14.8. The molecule has 2 aliphatic rings. The van der Waals surface area contributed by atoms with Gasteiger partial charge in [0, 0.05) is 29.8 Å². The topological polar surface area (TPSA) is 255 Å². The molecular weight excluding hydrogens is 640 g/mol. The summed E-state index contributed by atoms with van der Waals surface area (Å²) < 4.78 is 34.4. The molecule has 0 bridgehead atoms. The van der Waals surface area contributed by atoms with Crippen LogP contribution in [0.3, 0.4) is 0 Å². The number of hydrogen-bond donors (Lipinski definition) is 8.